The van der Waals surface area contributed by atoms with Crippen molar-refractivity contribution in [1.29, 1.82) is 5.26 Å². The molecule has 2 heterocycles. The number of halogens is 1. The Bertz CT molecular complexity index is 893. The molecule has 0 radical (unpaired) electrons. The maximum Gasteiger partial charge on any atom is 0.237 e. The van der Waals surface area contributed by atoms with E-state index in [4.69, 9.17) is 4.74 Å². The Morgan fingerprint density at radius 1 is 1.31 bits per heavy atom. The highest BCUT2D eigenvalue weighted by Gasteiger charge is 2.40. The first kappa shape index (κ1) is 28.1. The lowest BCUT2D eigenvalue weighted by Crippen LogP contribution is -2.38. The second-order valence-electron chi connectivity index (χ2n) is 9.10. The van der Waals surface area contributed by atoms with E-state index in [2.05, 4.69) is 15.5 Å². The molecule has 2 saturated heterocycles. The van der Waals surface area contributed by atoms with Crippen LogP contribution in [-0.4, -0.2) is 84.8 Å². The zero-order valence-electron chi connectivity index (χ0n) is 21.1. The molecule has 0 bridgehead atoms. The van der Waals surface area contributed by atoms with Gasteiger partial charge >= 0.3 is 0 Å². The second-order valence-corrected chi connectivity index (χ2v) is 10.5. The number of alkyl halides is 1. The van der Waals surface area contributed by atoms with Gasteiger partial charge in [0.25, 0.3) is 0 Å². The molecule has 0 aromatic heterocycles. The van der Waals surface area contributed by atoms with Gasteiger partial charge in [-0.2, -0.15) is 5.26 Å². The molecule has 1 aromatic carbocycles. The van der Waals surface area contributed by atoms with Gasteiger partial charge in [-0.15, -0.1) is 11.8 Å². The number of piperidine rings is 1. The molecular weight excluding hydrogens is 481 g/mol. The molecule has 0 aliphatic carbocycles. The van der Waals surface area contributed by atoms with Crippen LogP contribution in [0.2, 0.25) is 0 Å². The van der Waals surface area contributed by atoms with Gasteiger partial charge in [-0.05, 0) is 51.4 Å². The molecule has 0 spiro atoms. The first-order valence-corrected chi connectivity index (χ1v) is 13.9. The van der Waals surface area contributed by atoms with Crippen molar-refractivity contribution in [3.63, 3.8) is 0 Å². The molecule has 198 valence electrons. The summed E-state index contributed by atoms with van der Waals surface area (Å²) in [5, 5.41) is 14.7. The summed E-state index contributed by atoms with van der Waals surface area (Å²) in [7, 11) is 0. The van der Waals surface area contributed by atoms with Crippen LogP contribution in [0, 0.1) is 17.2 Å². The average Bonchev–Trinajstić information content (AvgIpc) is 3.20. The third-order valence-corrected chi connectivity index (χ3v) is 8.09. The predicted octanol–water partition coefficient (Wildman–Crippen LogP) is 3.26. The van der Waals surface area contributed by atoms with Gasteiger partial charge in [-0.3, -0.25) is 14.5 Å². The van der Waals surface area contributed by atoms with Crippen LogP contribution in [-0.2, 0) is 9.59 Å². The number of rotatable bonds is 14. The van der Waals surface area contributed by atoms with Crippen LogP contribution in [0.25, 0.3) is 0 Å². The smallest absolute Gasteiger partial charge is 0.237 e. The third-order valence-electron chi connectivity index (χ3n) is 6.57. The van der Waals surface area contributed by atoms with Crippen molar-refractivity contribution in [3.05, 3.63) is 24.3 Å². The summed E-state index contributed by atoms with van der Waals surface area (Å²) < 4.78 is 18.3. The first-order valence-electron chi connectivity index (χ1n) is 12.9. The van der Waals surface area contributed by atoms with E-state index < -0.39 is 18.5 Å². The van der Waals surface area contributed by atoms with Crippen molar-refractivity contribution in [2.45, 2.75) is 49.7 Å². The van der Waals surface area contributed by atoms with Crippen molar-refractivity contribution in [2.24, 2.45) is 5.92 Å². The van der Waals surface area contributed by atoms with E-state index in [9.17, 15) is 19.2 Å². The van der Waals surface area contributed by atoms with Crippen molar-refractivity contribution < 1.29 is 18.7 Å². The van der Waals surface area contributed by atoms with Crippen molar-refractivity contribution in [2.75, 3.05) is 57.9 Å². The molecular formula is C26H38FN5O3S. The number of anilines is 1. The standard InChI is InChI=1S/C26H38FN5O3S/c1-2-32-24(17-20(19-28)25(33)30-12-10-27)36-23(26(32)34)9-11-29-21-7-6-8-22(18-21)35-16-15-31-13-4-3-5-14-31/h6-8,18,20,23-24,29H,2-5,9-17H2,1H3,(H,30,33). The van der Waals surface area contributed by atoms with Gasteiger partial charge in [0.15, 0.2) is 0 Å². The van der Waals surface area contributed by atoms with E-state index in [1.807, 2.05) is 37.3 Å². The van der Waals surface area contributed by atoms with E-state index in [0.29, 0.717) is 26.1 Å². The Morgan fingerprint density at radius 3 is 2.83 bits per heavy atom. The normalized spacial score (nSPS) is 21.1. The van der Waals surface area contributed by atoms with Gasteiger partial charge in [-0.1, -0.05) is 12.5 Å². The molecule has 3 unspecified atom stereocenters. The summed E-state index contributed by atoms with van der Waals surface area (Å²) in [4.78, 5) is 29.3. The number of nitriles is 1. The Hall–Kier alpha value is -2.51. The highest BCUT2D eigenvalue weighted by Crippen LogP contribution is 2.37. The summed E-state index contributed by atoms with van der Waals surface area (Å²) in [6.07, 6.45) is 4.73. The van der Waals surface area contributed by atoms with Crippen LogP contribution in [0.3, 0.4) is 0 Å². The summed E-state index contributed by atoms with van der Waals surface area (Å²) in [5.74, 6) is -0.535. The second kappa shape index (κ2) is 14.9. The Balaban J connectivity index is 1.45. The number of nitrogens with one attached hydrogen (secondary N) is 2. The Morgan fingerprint density at radius 2 is 2.11 bits per heavy atom. The zero-order valence-corrected chi connectivity index (χ0v) is 21.9. The maximum absolute atomic E-state index is 12.9. The number of amides is 2. The minimum Gasteiger partial charge on any atom is -0.492 e. The molecule has 10 heteroatoms. The fourth-order valence-corrected chi connectivity index (χ4v) is 6.20. The lowest BCUT2D eigenvalue weighted by molar-refractivity contribution is -0.131. The molecule has 2 N–H and O–H groups in total. The van der Waals surface area contributed by atoms with Crippen LogP contribution in [0.4, 0.5) is 10.1 Å². The number of hydrogen-bond acceptors (Lipinski definition) is 7. The number of carbonyl (C=O) groups excluding carboxylic acids is 2. The summed E-state index contributed by atoms with van der Waals surface area (Å²) in [6.45, 7) is 6.16. The lowest BCUT2D eigenvalue weighted by atomic mass is 10.1. The van der Waals surface area contributed by atoms with E-state index >= 15 is 0 Å². The molecule has 0 saturated carbocycles. The van der Waals surface area contributed by atoms with Crippen LogP contribution in [0.1, 0.15) is 39.0 Å². The monoisotopic (exact) mass is 519 g/mol. The maximum atomic E-state index is 12.9. The number of likely N-dealkylation sites (tertiary alicyclic amines) is 1. The van der Waals surface area contributed by atoms with Gasteiger partial charge in [0.1, 0.15) is 24.9 Å². The van der Waals surface area contributed by atoms with Gasteiger partial charge in [-0.25, -0.2) is 4.39 Å². The number of benzene rings is 1. The van der Waals surface area contributed by atoms with E-state index in [1.165, 1.54) is 31.0 Å². The fourth-order valence-electron chi connectivity index (χ4n) is 4.61. The molecule has 2 amide bonds. The van der Waals surface area contributed by atoms with Gasteiger partial charge in [0.2, 0.25) is 11.8 Å². The van der Waals surface area contributed by atoms with Crippen LogP contribution >= 0.6 is 11.8 Å². The molecule has 8 nitrogen and oxygen atoms in total. The number of nitrogens with zero attached hydrogens (tertiary/aromatic N) is 3. The highest BCUT2D eigenvalue weighted by molar-refractivity contribution is 8.01. The third kappa shape index (κ3) is 8.27. The van der Waals surface area contributed by atoms with Gasteiger partial charge < -0.3 is 20.3 Å². The topological polar surface area (TPSA) is 97.7 Å². The van der Waals surface area contributed by atoms with Gasteiger partial charge in [0.05, 0.1) is 16.7 Å². The Kier molecular flexibility index (Phi) is 11.6. The largest absolute Gasteiger partial charge is 0.492 e. The predicted molar refractivity (Wildman–Crippen MR) is 141 cm³/mol. The number of carbonyl (C=O) groups is 2. The number of ether oxygens (including phenoxy) is 1. The molecule has 2 fully saturated rings. The van der Waals surface area contributed by atoms with Crippen LogP contribution in [0.15, 0.2) is 24.3 Å². The molecule has 36 heavy (non-hydrogen) atoms. The number of thioether (sulfide) groups is 1. The fraction of sp³-hybridized carbons (Fsp3) is 0.654. The molecule has 3 rings (SSSR count). The van der Waals surface area contributed by atoms with E-state index in [1.54, 1.807) is 4.90 Å². The summed E-state index contributed by atoms with van der Waals surface area (Å²) in [6, 6.07) is 9.88. The van der Waals surface area contributed by atoms with E-state index in [0.717, 1.165) is 31.1 Å². The number of hydrogen-bond donors (Lipinski definition) is 2. The molecule has 1 aromatic rings. The first-order chi connectivity index (χ1) is 17.5. The highest BCUT2D eigenvalue weighted by atomic mass is 32.2. The zero-order chi connectivity index (χ0) is 25.8. The quantitative estimate of drug-likeness (QED) is 0.389. The average molecular weight is 520 g/mol. The van der Waals surface area contributed by atoms with Crippen molar-refractivity contribution >= 4 is 29.3 Å². The van der Waals surface area contributed by atoms with Crippen LogP contribution < -0.4 is 15.4 Å². The van der Waals surface area contributed by atoms with Crippen LogP contribution in [0.5, 0.6) is 5.75 Å². The van der Waals surface area contributed by atoms with E-state index in [-0.39, 0.29) is 29.5 Å². The SMILES string of the molecule is CCN1C(=O)C(CCNc2cccc(OCCN3CCCCC3)c2)SC1CC(C#N)C(=O)NCCF. The molecule has 2 aliphatic heterocycles. The lowest BCUT2D eigenvalue weighted by Gasteiger charge is -2.26. The van der Waals surface area contributed by atoms with Gasteiger partial charge in [0, 0.05) is 44.4 Å². The summed E-state index contributed by atoms with van der Waals surface area (Å²) >= 11 is 1.50. The molecule has 3 atom stereocenters. The molecule has 2 aliphatic rings. The Labute approximate surface area is 217 Å². The minimum atomic E-state index is -0.912. The minimum absolute atomic E-state index is 0.0324. The van der Waals surface area contributed by atoms with Crippen molar-refractivity contribution in [1.82, 2.24) is 15.1 Å². The van der Waals surface area contributed by atoms with Crippen molar-refractivity contribution in [3.8, 4) is 11.8 Å². The summed E-state index contributed by atoms with van der Waals surface area (Å²) in [5.41, 5.74) is 0.943.